The molecule has 152 valence electrons. The molecule has 2 aliphatic heterocycles. The van der Waals surface area contributed by atoms with Crippen molar-refractivity contribution in [2.24, 2.45) is 0 Å². The molecule has 7 heteroatoms. The van der Waals surface area contributed by atoms with E-state index in [4.69, 9.17) is 25.8 Å². The predicted molar refractivity (Wildman–Crippen MR) is 107 cm³/mol. The Hall–Kier alpha value is -2.21. The Morgan fingerprint density at radius 1 is 1.11 bits per heavy atom. The Labute approximate surface area is 170 Å². The van der Waals surface area contributed by atoms with Gasteiger partial charge in [0.2, 0.25) is 0 Å². The molecule has 2 heterocycles. The van der Waals surface area contributed by atoms with Crippen molar-refractivity contribution in [2.45, 2.75) is 45.1 Å². The van der Waals surface area contributed by atoms with Crippen LogP contribution >= 0.6 is 11.6 Å². The van der Waals surface area contributed by atoms with E-state index in [0.717, 1.165) is 45.2 Å². The minimum Gasteiger partial charge on any atom is -0.489 e. The molecule has 1 aromatic rings. The van der Waals surface area contributed by atoms with Gasteiger partial charge in [-0.05, 0) is 43.5 Å². The van der Waals surface area contributed by atoms with Crippen molar-refractivity contribution < 1.29 is 23.8 Å². The molecule has 1 saturated heterocycles. The van der Waals surface area contributed by atoms with Crippen molar-refractivity contribution in [1.82, 2.24) is 4.90 Å². The fourth-order valence-electron chi connectivity index (χ4n) is 3.32. The summed E-state index contributed by atoms with van der Waals surface area (Å²) in [6, 6.07) is 3.47. The molecule has 0 unspecified atom stereocenters. The van der Waals surface area contributed by atoms with Gasteiger partial charge in [-0.3, -0.25) is 4.79 Å². The highest BCUT2D eigenvalue weighted by atomic mass is 35.5. The van der Waals surface area contributed by atoms with Crippen LogP contribution in [0.5, 0.6) is 11.5 Å². The van der Waals surface area contributed by atoms with Crippen molar-refractivity contribution in [3.8, 4) is 11.5 Å². The first-order chi connectivity index (χ1) is 13.5. The maximum Gasteiger partial charge on any atom is 0.331 e. The Balaban J connectivity index is 1.59. The van der Waals surface area contributed by atoms with Gasteiger partial charge in [0.15, 0.2) is 17.6 Å². The lowest BCUT2D eigenvalue weighted by molar-refractivity contribution is -0.155. The van der Waals surface area contributed by atoms with E-state index in [0.29, 0.717) is 35.3 Å². The molecule has 0 radical (unpaired) electrons. The predicted octanol–water partition coefficient (Wildman–Crippen LogP) is 3.85. The standard InChI is InChI=1S/C21H26ClNO5/c1-15(21(25)23-9-4-2-3-5-10-23)28-19(24)8-7-16-13-17(22)20-18(14-16)26-11-6-12-27-20/h7-8,13-15H,2-6,9-12H2,1H3/b8-7+/t15-/m1/s1. The maximum absolute atomic E-state index is 12.5. The number of hydrogen-bond donors (Lipinski definition) is 0. The molecule has 0 aliphatic carbocycles. The first kappa shape index (κ1) is 20.5. The van der Waals surface area contributed by atoms with Crippen LogP contribution in [-0.2, 0) is 14.3 Å². The van der Waals surface area contributed by atoms with Crippen molar-refractivity contribution in [1.29, 1.82) is 0 Å². The molecule has 0 bridgehead atoms. The van der Waals surface area contributed by atoms with E-state index in [9.17, 15) is 9.59 Å². The molecule has 1 amide bonds. The van der Waals surface area contributed by atoms with Crippen LogP contribution in [0, 0.1) is 0 Å². The van der Waals surface area contributed by atoms with Crippen LogP contribution in [0.2, 0.25) is 5.02 Å². The van der Waals surface area contributed by atoms with Crippen molar-refractivity contribution in [2.75, 3.05) is 26.3 Å². The number of ether oxygens (including phenoxy) is 3. The van der Waals surface area contributed by atoms with Crippen LogP contribution in [0.3, 0.4) is 0 Å². The summed E-state index contributed by atoms with van der Waals surface area (Å²) in [4.78, 5) is 26.4. The lowest BCUT2D eigenvalue weighted by atomic mass is 10.2. The first-order valence-electron chi connectivity index (χ1n) is 9.81. The van der Waals surface area contributed by atoms with Gasteiger partial charge in [-0.25, -0.2) is 4.79 Å². The third-order valence-electron chi connectivity index (χ3n) is 4.79. The molecule has 1 aromatic carbocycles. The minimum atomic E-state index is -0.803. The summed E-state index contributed by atoms with van der Waals surface area (Å²) in [6.07, 6.45) is 7.13. The number of likely N-dealkylation sites (tertiary alicyclic amines) is 1. The first-order valence-corrected chi connectivity index (χ1v) is 10.2. The molecule has 1 fully saturated rings. The minimum absolute atomic E-state index is 0.137. The second kappa shape index (κ2) is 9.82. The number of fused-ring (bicyclic) bond motifs is 1. The van der Waals surface area contributed by atoms with E-state index in [1.165, 1.54) is 6.08 Å². The zero-order valence-electron chi connectivity index (χ0n) is 16.1. The summed E-state index contributed by atoms with van der Waals surface area (Å²) < 4.78 is 16.5. The zero-order valence-corrected chi connectivity index (χ0v) is 16.9. The third-order valence-corrected chi connectivity index (χ3v) is 5.08. The number of halogens is 1. The van der Waals surface area contributed by atoms with Gasteiger partial charge in [0, 0.05) is 25.6 Å². The Kier molecular flexibility index (Phi) is 7.20. The van der Waals surface area contributed by atoms with Crippen LogP contribution in [-0.4, -0.2) is 49.2 Å². The van der Waals surface area contributed by atoms with E-state index in [1.54, 1.807) is 30.0 Å². The topological polar surface area (TPSA) is 65.1 Å². The molecule has 3 rings (SSSR count). The third kappa shape index (κ3) is 5.41. The van der Waals surface area contributed by atoms with Crippen molar-refractivity contribution >= 4 is 29.6 Å². The van der Waals surface area contributed by atoms with Gasteiger partial charge in [-0.1, -0.05) is 24.4 Å². The highest BCUT2D eigenvalue weighted by Gasteiger charge is 2.23. The lowest BCUT2D eigenvalue weighted by Gasteiger charge is -2.23. The summed E-state index contributed by atoms with van der Waals surface area (Å²) >= 11 is 6.26. The van der Waals surface area contributed by atoms with Gasteiger partial charge < -0.3 is 19.1 Å². The van der Waals surface area contributed by atoms with Crippen molar-refractivity contribution in [3.63, 3.8) is 0 Å². The maximum atomic E-state index is 12.5. The van der Waals surface area contributed by atoms with E-state index >= 15 is 0 Å². The highest BCUT2D eigenvalue weighted by Crippen LogP contribution is 2.38. The zero-order chi connectivity index (χ0) is 19.9. The molecule has 28 heavy (non-hydrogen) atoms. The van der Waals surface area contributed by atoms with Crippen LogP contribution < -0.4 is 9.47 Å². The Morgan fingerprint density at radius 3 is 2.57 bits per heavy atom. The number of esters is 1. The van der Waals surface area contributed by atoms with Crippen LogP contribution in [0.25, 0.3) is 6.08 Å². The van der Waals surface area contributed by atoms with E-state index < -0.39 is 12.1 Å². The van der Waals surface area contributed by atoms with E-state index in [2.05, 4.69) is 0 Å². The molecular formula is C21H26ClNO5. The average Bonchev–Trinajstić information content (AvgIpc) is 3.09. The second-order valence-corrected chi connectivity index (χ2v) is 7.44. The number of amides is 1. The number of carbonyl (C=O) groups excluding carboxylic acids is 2. The van der Waals surface area contributed by atoms with Gasteiger partial charge in [-0.15, -0.1) is 0 Å². The largest absolute Gasteiger partial charge is 0.489 e. The molecule has 0 N–H and O–H groups in total. The van der Waals surface area contributed by atoms with Crippen LogP contribution in [0.4, 0.5) is 0 Å². The molecule has 0 spiro atoms. The fraction of sp³-hybridized carbons (Fsp3) is 0.524. The summed E-state index contributed by atoms with van der Waals surface area (Å²) in [5.74, 6) is 0.375. The molecular weight excluding hydrogens is 382 g/mol. The lowest BCUT2D eigenvalue weighted by Crippen LogP contribution is -2.40. The summed E-state index contributed by atoms with van der Waals surface area (Å²) in [5.41, 5.74) is 0.692. The Bertz CT molecular complexity index is 741. The number of carbonyl (C=O) groups is 2. The second-order valence-electron chi connectivity index (χ2n) is 7.03. The quantitative estimate of drug-likeness (QED) is 0.560. The smallest absolute Gasteiger partial charge is 0.331 e. The number of rotatable bonds is 4. The average molecular weight is 408 g/mol. The number of nitrogens with zero attached hydrogens (tertiary/aromatic N) is 1. The fourth-order valence-corrected chi connectivity index (χ4v) is 3.60. The molecule has 1 atom stereocenters. The summed E-state index contributed by atoms with van der Waals surface area (Å²) in [5, 5.41) is 0.428. The Morgan fingerprint density at radius 2 is 1.82 bits per heavy atom. The molecule has 0 aromatic heterocycles. The van der Waals surface area contributed by atoms with Gasteiger partial charge in [0.1, 0.15) is 0 Å². The van der Waals surface area contributed by atoms with Gasteiger partial charge in [0.05, 0.1) is 18.2 Å². The van der Waals surface area contributed by atoms with E-state index in [-0.39, 0.29) is 5.91 Å². The highest BCUT2D eigenvalue weighted by molar-refractivity contribution is 6.32. The van der Waals surface area contributed by atoms with E-state index in [1.807, 2.05) is 0 Å². The normalized spacial score (nSPS) is 18.3. The monoisotopic (exact) mass is 407 g/mol. The van der Waals surface area contributed by atoms with Gasteiger partial charge >= 0.3 is 5.97 Å². The van der Waals surface area contributed by atoms with Crippen molar-refractivity contribution in [3.05, 3.63) is 28.8 Å². The molecule has 2 aliphatic rings. The van der Waals surface area contributed by atoms with Gasteiger partial charge in [0.25, 0.3) is 5.91 Å². The molecule has 6 nitrogen and oxygen atoms in total. The number of hydrogen-bond acceptors (Lipinski definition) is 5. The summed E-state index contributed by atoms with van der Waals surface area (Å²) in [6.45, 7) is 4.17. The molecule has 0 saturated carbocycles. The van der Waals surface area contributed by atoms with Crippen LogP contribution in [0.1, 0.15) is 44.6 Å². The SMILES string of the molecule is C[C@@H](OC(=O)/C=C/c1cc(Cl)c2c(c1)OCCCO2)C(=O)N1CCCCCC1. The van der Waals surface area contributed by atoms with Gasteiger partial charge in [-0.2, -0.15) is 0 Å². The van der Waals surface area contributed by atoms with Crippen LogP contribution in [0.15, 0.2) is 18.2 Å². The number of benzene rings is 1. The summed E-state index contributed by atoms with van der Waals surface area (Å²) in [7, 11) is 0.